The van der Waals surface area contributed by atoms with Crippen molar-refractivity contribution in [1.29, 1.82) is 0 Å². The largest absolute Gasteiger partial charge is 0.397 e. The summed E-state index contributed by atoms with van der Waals surface area (Å²) in [4.78, 5) is 15.9. The van der Waals surface area contributed by atoms with E-state index < -0.39 is 0 Å². The van der Waals surface area contributed by atoms with Gasteiger partial charge in [-0.05, 0) is 36.8 Å². The Morgan fingerprint density at radius 3 is 3.00 bits per heavy atom. The first-order chi connectivity index (χ1) is 8.67. The molecule has 0 aromatic carbocycles. The monoisotopic (exact) mass is 249 g/mol. The number of methoxy groups -OCH3 is 1. The molecule has 1 aromatic rings. The summed E-state index contributed by atoms with van der Waals surface area (Å²) in [6.45, 7) is 1.41. The van der Waals surface area contributed by atoms with Gasteiger partial charge in [0.15, 0.2) is 5.69 Å². The third-order valence-electron chi connectivity index (χ3n) is 3.47. The van der Waals surface area contributed by atoms with Gasteiger partial charge in [-0.25, -0.2) is 4.98 Å². The van der Waals surface area contributed by atoms with Gasteiger partial charge in [-0.1, -0.05) is 0 Å². The summed E-state index contributed by atoms with van der Waals surface area (Å²) in [6.07, 6.45) is 4.85. The van der Waals surface area contributed by atoms with Crippen LogP contribution in [0.4, 0.5) is 5.69 Å². The van der Waals surface area contributed by atoms with Gasteiger partial charge in [0, 0.05) is 26.5 Å². The fraction of sp³-hybridized carbons (Fsp3) is 0.538. The Balaban J connectivity index is 1.87. The van der Waals surface area contributed by atoms with E-state index in [0.717, 1.165) is 25.9 Å². The first kappa shape index (κ1) is 12.8. The SMILES string of the molecule is COCCC1(CNC(=O)c2ncccc2N)CC1. The fourth-order valence-corrected chi connectivity index (χ4v) is 1.97. The summed E-state index contributed by atoms with van der Waals surface area (Å²) in [5.41, 5.74) is 6.66. The van der Waals surface area contributed by atoms with Crippen LogP contribution in [0.2, 0.25) is 0 Å². The van der Waals surface area contributed by atoms with E-state index in [1.165, 1.54) is 0 Å². The normalized spacial score (nSPS) is 16.3. The summed E-state index contributed by atoms with van der Waals surface area (Å²) in [5.74, 6) is -0.197. The summed E-state index contributed by atoms with van der Waals surface area (Å²) in [5, 5.41) is 2.91. The first-order valence-electron chi connectivity index (χ1n) is 6.14. The van der Waals surface area contributed by atoms with E-state index in [2.05, 4.69) is 10.3 Å². The standard InChI is InChI=1S/C13H19N3O2/c1-18-8-6-13(4-5-13)9-16-12(17)11-10(14)3-2-7-15-11/h2-3,7H,4-6,8-9,14H2,1H3,(H,16,17). The number of amides is 1. The number of carbonyl (C=O) groups excluding carboxylic acids is 1. The van der Waals surface area contributed by atoms with E-state index in [1.54, 1.807) is 25.4 Å². The molecule has 2 rings (SSSR count). The van der Waals surface area contributed by atoms with Crippen LogP contribution < -0.4 is 11.1 Å². The van der Waals surface area contributed by atoms with Gasteiger partial charge in [-0.15, -0.1) is 0 Å². The number of nitrogens with one attached hydrogen (secondary N) is 1. The van der Waals surface area contributed by atoms with Gasteiger partial charge < -0.3 is 15.8 Å². The Labute approximate surface area is 107 Å². The number of rotatable bonds is 6. The molecule has 0 aliphatic heterocycles. The van der Waals surface area contributed by atoms with E-state index in [-0.39, 0.29) is 11.3 Å². The highest BCUT2D eigenvalue weighted by Gasteiger charge is 2.42. The minimum Gasteiger partial charge on any atom is -0.397 e. The minimum absolute atomic E-state index is 0.197. The van der Waals surface area contributed by atoms with Crippen LogP contribution in [0.5, 0.6) is 0 Å². The molecule has 1 heterocycles. The van der Waals surface area contributed by atoms with E-state index in [1.807, 2.05) is 0 Å². The molecule has 18 heavy (non-hydrogen) atoms. The molecule has 1 aliphatic rings. The van der Waals surface area contributed by atoms with Crippen LogP contribution in [-0.2, 0) is 4.74 Å². The number of aromatic nitrogens is 1. The van der Waals surface area contributed by atoms with Crippen molar-refractivity contribution in [3.63, 3.8) is 0 Å². The van der Waals surface area contributed by atoms with Crippen LogP contribution >= 0.6 is 0 Å². The Morgan fingerprint density at radius 2 is 2.39 bits per heavy atom. The van der Waals surface area contributed by atoms with Crippen LogP contribution in [0.25, 0.3) is 0 Å². The smallest absolute Gasteiger partial charge is 0.272 e. The molecular weight excluding hydrogens is 230 g/mol. The number of anilines is 1. The number of nitrogens with zero attached hydrogens (tertiary/aromatic N) is 1. The Morgan fingerprint density at radius 1 is 1.61 bits per heavy atom. The molecule has 0 saturated heterocycles. The lowest BCUT2D eigenvalue weighted by molar-refractivity contribution is 0.0934. The second kappa shape index (κ2) is 5.35. The lowest BCUT2D eigenvalue weighted by atomic mass is 10.0. The Hall–Kier alpha value is -1.62. The zero-order valence-electron chi connectivity index (χ0n) is 10.6. The van der Waals surface area contributed by atoms with E-state index in [4.69, 9.17) is 10.5 Å². The zero-order valence-corrected chi connectivity index (χ0v) is 10.6. The zero-order chi connectivity index (χ0) is 13.0. The highest BCUT2D eigenvalue weighted by molar-refractivity contribution is 5.97. The molecule has 1 aromatic heterocycles. The van der Waals surface area contributed by atoms with Crippen molar-refractivity contribution in [1.82, 2.24) is 10.3 Å². The molecule has 0 radical (unpaired) electrons. The maximum Gasteiger partial charge on any atom is 0.272 e. The number of nitrogens with two attached hydrogens (primary N) is 1. The Kier molecular flexibility index (Phi) is 3.81. The topological polar surface area (TPSA) is 77.2 Å². The quantitative estimate of drug-likeness (QED) is 0.794. The van der Waals surface area contributed by atoms with Crippen LogP contribution in [0.1, 0.15) is 29.8 Å². The molecule has 0 unspecified atom stereocenters. The fourth-order valence-electron chi connectivity index (χ4n) is 1.97. The summed E-state index contributed by atoms with van der Waals surface area (Å²) >= 11 is 0. The summed E-state index contributed by atoms with van der Waals surface area (Å²) in [7, 11) is 1.70. The lowest BCUT2D eigenvalue weighted by Crippen LogP contribution is -2.31. The Bertz CT molecular complexity index is 430. The molecule has 5 nitrogen and oxygen atoms in total. The van der Waals surface area contributed by atoms with Crippen molar-refractivity contribution in [2.24, 2.45) is 5.41 Å². The summed E-state index contributed by atoms with van der Waals surface area (Å²) < 4.78 is 5.08. The third-order valence-corrected chi connectivity index (χ3v) is 3.47. The number of carbonyl (C=O) groups is 1. The highest BCUT2D eigenvalue weighted by Crippen LogP contribution is 2.48. The summed E-state index contributed by atoms with van der Waals surface area (Å²) in [6, 6.07) is 3.40. The molecule has 0 bridgehead atoms. The van der Waals surface area contributed by atoms with Crippen molar-refractivity contribution < 1.29 is 9.53 Å². The van der Waals surface area contributed by atoms with Crippen molar-refractivity contribution in [2.75, 3.05) is 26.0 Å². The van der Waals surface area contributed by atoms with Crippen LogP contribution in [0.15, 0.2) is 18.3 Å². The van der Waals surface area contributed by atoms with E-state index in [9.17, 15) is 4.79 Å². The maximum absolute atomic E-state index is 11.9. The average molecular weight is 249 g/mol. The molecule has 1 saturated carbocycles. The first-order valence-corrected chi connectivity index (χ1v) is 6.14. The van der Waals surface area contributed by atoms with Gasteiger partial charge in [0.1, 0.15) is 0 Å². The van der Waals surface area contributed by atoms with Gasteiger partial charge in [-0.3, -0.25) is 4.79 Å². The molecule has 0 spiro atoms. The van der Waals surface area contributed by atoms with Crippen molar-refractivity contribution in [3.8, 4) is 0 Å². The third kappa shape index (κ3) is 2.98. The predicted octanol–water partition coefficient (Wildman–Crippen LogP) is 1.21. The van der Waals surface area contributed by atoms with Crippen molar-refractivity contribution >= 4 is 11.6 Å². The number of hydrogen-bond acceptors (Lipinski definition) is 4. The molecular formula is C13H19N3O2. The van der Waals surface area contributed by atoms with Crippen LogP contribution in [0, 0.1) is 5.41 Å². The highest BCUT2D eigenvalue weighted by atomic mass is 16.5. The average Bonchev–Trinajstić information content (AvgIpc) is 3.15. The molecule has 1 aliphatic carbocycles. The van der Waals surface area contributed by atoms with Gasteiger partial charge in [0.2, 0.25) is 0 Å². The number of hydrogen-bond donors (Lipinski definition) is 2. The van der Waals surface area contributed by atoms with E-state index in [0.29, 0.717) is 17.9 Å². The van der Waals surface area contributed by atoms with Crippen LogP contribution in [-0.4, -0.2) is 31.2 Å². The van der Waals surface area contributed by atoms with Crippen LogP contribution in [0.3, 0.4) is 0 Å². The minimum atomic E-state index is -0.197. The molecule has 3 N–H and O–H groups in total. The second-order valence-electron chi connectivity index (χ2n) is 4.87. The second-order valence-corrected chi connectivity index (χ2v) is 4.87. The number of nitrogen functional groups attached to an aromatic ring is 1. The van der Waals surface area contributed by atoms with Crippen molar-refractivity contribution in [2.45, 2.75) is 19.3 Å². The number of pyridine rings is 1. The van der Waals surface area contributed by atoms with Gasteiger partial charge in [-0.2, -0.15) is 0 Å². The molecule has 0 atom stereocenters. The van der Waals surface area contributed by atoms with Gasteiger partial charge >= 0.3 is 0 Å². The molecule has 98 valence electrons. The predicted molar refractivity (Wildman–Crippen MR) is 69.1 cm³/mol. The molecule has 1 amide bonds. The maximum atomic E-state index is 11.9. The molecule has 1 fully saturated rings. The lowest BCUT2D eigenvalue weighted by Gasteiger charge is -2.15. The van der Waals surface area contributed by atoms with E-state index >= 15 is 0 Å². The van der Waals surface area contributed by atoms with Crippen molar-refractivity contribution in [3.05, 3.63) is 24.0 Å². The molecule has 5 heteroatoms. The van der Waals surface area contributed by atoms with Gasteiger partial charge in [0.25, 0.3) is 5.91 Å². The number of ether oxygens (including phenoxy) is 1. The van der Waals surface area contributed by atoms with Gasteiger partial charge in [0.05, 0.1) is 5.69 Å².